The fourth-order valence-electron chi connectivity index (χ4n) is 6.79. The molecule has 0 aliphatic carbocycles. The van der Waals surface area contributed by atoms with Crippen LogP contribution in [0.2, 0.25) is 18.1 Å². The Morgan fingerprint density at radius 1 is 0.929 bits per heavy atom. The minimum atomic E-state index is -1.97. The first-order valence-corrected chi connectivity index (χ1v) is 18.7. The molecule has 2 fully saturated rings. The van der Waals surface area contributed by atoms with Crippen molar-refractivity contribution >= 4 is 8.32 Å². The van der Waals surface area contributed by atoms with Gasteiger partial charge in [-0.2, -0.15) is 0 Å². The highest BCUT2D eigenvalue weighted by molar-refractivity contribution is 6.73. The predicted octanol–water partition coefficient (Wildman–Crippen LogP) is 7.35. The Labute approximate surface area is 255 Å². The van der Waals surface area contributed by atoms with E-state index in [4.69, 9.17) is 23.4 Å². The van der Waals surface area contributed by atoms with Gasteiger partial charge in [0.1, 0.15) is 6.10 Å². The van der Waals surface area contributed by atoms with Gasteiger partial charge in [0.25, 0.3) is 0 Å². The average molecular weight is 599 g/mol. The summed E-state index contributed by atoms with van der Waals surface area (Å²) in [6.45, 7) is 15.2. The molecule has 2 saturated heterocycles. The third kappa shape index (κ3) is 7.73. The first-order chi connectivity index (χ1) is 20.3. The van der Waals surface area contributed by atoms with Crippen LogP contribution in [0.4, 0.5) is 0 Å². The van der Waals surface area contributed by atoms with Crippen molar-refractivity contribution in [3.8, 4) is 0 Å². The van der Waals surface area contributed by atoms with Crippen LogP contribution < -0.4 is 0 Å². The average Bonchev–Trinajstić information content (AvgIpc) is 3.44. The lowest BCUT2D eigenvalue weighted by molar-refractivity contribution is -0.336. The molecule has 2 aromatic carbocycles. The van der Waals surface area contributed by atoms with Gasteiger partial charge in [0, 0.05) is 18.9 Å². The number of ether oxygens (including phenoxy) is 4. The monoisotopic (exact) mass is 598 g/mol. The Balaban J connectivity index is 1.62. The molecule has 0 amide bonds. The summed E-state index contributed by atoms with van der Waals surface area (Å²) in [5.74, 6) is -0.394. The van der Waals surface area contributed by atoms with E-state index in [-0.39, 0.29) is 48.8 Å². The second kappa shape index (κ2) is 15.4. The van der Waals surface area contributed by atoms with Crippen molar-refractivity contribution < 1.29 is 28.5 Å². The van der Waals surface area contributed by atoms with Crippen molar-refractivity contribution in [2.75, 3.05) is 13.2 Å². The van der Waals surface area contributed by atoms with E-state index in [2.05, 4.69) is 65.8 Å². The number of aliphatic hydroxyl groups is 1. The lowest BCUT2D eigenvalue weighted by Crippen LogP contribution is -2.64. The normalized spacial score (nSPS) is 29.5. The number of hydrogen-bond donors (Lipinski definition) is 1. The summed E-state index contributed by atoms with van der Waals surface area (Å²) in [6.07, 6.45) is 0.542. The molecular formula is C35H54O6Si. The summed E-state index contributed by atoms with van der Waals surface area (Å²) in [4.78, 5) is 0. The summed E-state index contributed by atoms with van der Waals surface area (Å²) in [7, 11) is -1.97. The molecule has 2 heterocycles. The largest absolute Gasteiger partial charge is 0.411 e. The maximum Gasteiger partial charge on any atom is 0.192 e. The summed E-state index contributed by atoms with van der Waals surface area (Å²) < 4.78 is 34.2. The second-order valence-corrected chi connectivity index (χ2v) is 17.3. The van der Waals surface area contributed by atoms with E-state index >= 15 is 0 Å². The molecule has 0 saturated carbocycles. The van der Waals surface area contributed by atoms with Gasteiger partial charge >= 0.3 is 0 Å². The van der Waals surface area contributed by atoms with Gasteiger partial charge in [-0.1, -0.05) is 102 Å². The van der Waals surface area contributed by atoms with Crippen molar-refractivity contribution in [1.29, 1.82) is 0 Å². The Morgan fingerprint density at radius 3 is 2.10 bits per heavy atom. The SMILES string of the molecule is CC[Si](CC)(CC)O[C@@H]1[C@@H](C)[C@H](C)[C@@]2(C[C@H](OCc3ccccc3)CO2)O[C@H]1[C@@H](OCc1ccccc1)[C@H](C)CCO. The first-order valence-electron chi connectivity index (χ1n) is 16.2. The zero-order valence-electron chi connectivity index (χ0n) is 26.7. The first kappa shape index (κ1) is 33.3. The van der Waals surface area contributed by atoms with E-state index < -0.39 is 14.1 Å². The van der Waals surface area contributed by atoms with Crippen molar-refractivity contribution in [2.24, 2.45) is 17.8 Å². The van der Waals surface area contributed by atoms with Crippen molar-refractivity contribution in [3.05, 3.63) is 71.8 Å². The smallest absolute Gasteiger partial charge is 0.192 e. The van der Waals surface area contributed by atoms with Gasteiger partial charge in [0.2, 0.25) is 0 Å². The van der Waals surface area contributed by atoms with Gasteiger partial charge in [0.05, 0.1) is 38.1 Å². The minimum absolute atomic E-state index is 0.0491. The second-order valence-electron chi connectivity index (χ2n) is 12.6. The highest BCUT2D eigenvalue weighted by Gasteiger charge is 2.59. The lowest BCUT2D eigenvalue weighted by Gasteiger charge is -2.54. The third-order valence-electron chi connectivity index (χ3n) is 10.1. The summed E-state index contributed by atoms with van der Waals surface area (Å²) in [6, 6.07) is 23.8. The van der Waals surface area contributed by atoms with Crippen LogP contribution in [0.15, 0.2) is 60.7 Å². The molecule has 234 valence electrons. The van der Waals surface area contributed by atoms with E-state index in [0.29, 0.717) is 32.7 Å². The van der Waals surface area contributed by atoms with Crippen LogP contribution in [0.5, 0.6) is 0 Å². The van der Waals surface area contributed by atoms with E-state index in [0.717, 1.165) is 29.3 Å². The van der Waals surface area contributed by atoms with Crippen LogP contribution in [0.1, 0.15) is 65.5 Å². The fourth-order valence-corrected chi connectivity index (χ4v) is 9.71. The van der Waals surface area contributed by atoms with Crippen LogP contribution in [0.25, 0.3) is 0 Å². The molecule has 2 aromatic rings. The highest BCUT2D eigenvalue weighted by atomic mass is 28.4. The molecule has 1 N–H and O–H groups in total. The van der Waals surface area contributed by atoms with Gasteiger partial charge in [0.15, 0.2) is 14.1 Å². The van der Waals surface area contributed by atoms with Crippen LogP contribution in [0, 0.1) is 17.8 Å². The van der Waals surface area contributed by atoms with E-state index in [1.807, 2.05) is 36.4 Å². The van der Waals surface area contributed by atoms with Gasteiger partial charge in [-0.25, -0.2) is 0 Å². The van der Waals surface area contributed by atoms with E-state index in [1.165, 1.54) is 0 Å². The van der Waals surface area contributed by atoms with Crippen molar-refractivity contribution in [2.45, 2.75) is 116 Å². The van der Waals surface area contributed by atoms with E-state index in [9.17, 15) is 5.11 Å². The molecule has 1 spiro atoms. The molecule has 7 heteroatoms. The van der Waals surface area contributed by atoms with Gasteiger partial charge < -0.3 is 28.5 Å². The van der Waals surface area contributed by atoms with Gasteiger partial charge in [-0.15, -0.1) is 0 Å². The molecule has 4 rings (SSSR count). The third-order valence-corrected chi connectivity index (χ3v) is 14.7. The highest BCUT2D eigenvalue weighted by Crippen LogP contribution is 2.49. The Kier molecular flexibility index (Phi) is 12.2. The Hall–Kier alpha value is -1.58. The molecule has 6 nitrogen and oxygen atoms in total. The zero-order valence-corrected chi connectivity index (χ0v) is 27.7. The quantitative estimate of drug-likeness (QED) is 0.216. The van der Waals surface area contributed by atoms with Crippen LogP contribution in [-0.4, -0.2) is 56.8 Å². The number of rotatable bonds is 15. The van der Waals surface area contributed by atoms with E-state index in [1.54, 1.807) is 0 Å². The standard InChI is InChI=1S/C35H54O6Si/c1-7-42(8-2,9-3)41-33-27(5)28(6)35(22-31(25-39-35)37-23-29-16-12-10-13-17-29)40-34(33)32(26(4)20-21-36)38-24-30-18-14-11-15-19-30/h10-19,26-28,31-34,36H,7-9,20-25H2,1-6H3/t26-,27+,28+,31+,32+,33-,34+,35-/m1/s1. The Morgan fingerprint density at radius 2 is 1.52 bits per heavy atom. The molecule has 8 atom stereocenters. The van der Waals surface area contributed by atoms with Gasteiger partial charge in [-0.3, -0.25) is 0 Å². The molecule has 2 aliphatic rings. The van der Waals surface area contributed by atoms with Gasteiger partial charge in [-0.05, 0) is 47.5 Å². The summed E-state index contributed by atoms with van der Waals surface area (Å²) >= 11 is 0. The topological polar surface area (TPSA) is 66.4 Å². The minimum Gasteiger partial charge on any atom is -0.411 e. The molecule has 42 heavy (non-hydrogen) atoms. The summed E-state index contributed by atoms with van der Waals surface area (Å²) in [5, 5.41) is 9.96. The fraction of sp³-hybridized carbons (Fsp3) is 0.657. The maximum atomic E-state index is 9.96. The molecular weight excluding hydrogens is 544 g/mol. The lowest BCUT2D eigenvalue weighted by atomic mass is 9.75. The van der Waals surface area contributed by atoms with Crippen LogP contribution in [-0.2, 0) is 36.6 Å². The number of aliphatic hydroxyl groups excluding tert-OH is 1. The molecule has 2 aliphatic heterocycles. The van der Waals surface area contributed by atoms with Crippen molar-refractivity contribution in [3.63, 3.8) is 0 Å². The number of benzene rings is 2. The molecule has 0 bridgehead atoms. The van der Waals surface area contributed by atoms with Crippen LogP contribution in [0.3, 0.4) is 0 Å². The predicted molar refractivity (Wildman–Crippen MR) is 169 cm³/mol. The van der Waals surface area contributed by atoms with Crippen LogP contribution >= 0.6 is 0 Å². The van der Waals surface area contributed by atoms with Crippen molar-refractivity contribution in [1.82, 2.24) is 0 Å². The maximum absolute atomic E-state index is 9.96. The number of hydrogen-bond acceptors (Lipinski definition) is 6. The zero-order chi connectivity index (χ0) is 30.2. The molecule has 0 radical (unpaired) electrons. The molecule has 0 unspecified atom stereocenters. The Bertz CT molecular complexity index is 1040. The molecule has 0 aromatic heterocycles. The summed E-state index contributed by atoms with van der Waals surface area (Å²) in [5.41, 5.74) is 2.27.